The first-order chi connectivity index (χ1) is 12.8. The van der Waals surface area contributed by atoms with E-state index in [1.54, 1.807) is 12.1 Å². The first-order valence-corrected chi connectivity index (χ1v) is 10.9. The van der Waals surface area contributed by atoms with Gasteiger partial charge in [0.2, 0.25) is 0 Å². The number of rotatable bonds is 3. The highest BCUT2D eigenvalue weighted by Gasteiger charge is 2.16. The monoisotopic (exact) mass is 415 g/mol. The Morgan fingerprint density at radius 2 is 1.37 bits per heavy atom. The van der Waals surface area contributed by atoms with E-state index in [9.17, 15) is 8.42 Å². The number of sulfone groups is 1. The van der Waals surface area contributed by atoms with Crippen molar-refractivity contribution in [1.82, 2.24) is 4.98 Å². The molecule has 0 fully saturated rings. The van der Waals surface area contributed by atoms with Crippen LogP contribution in [0.25, 0.3) is 33.3 Å². The maximum absolute atomic E-state index is 11.7. The van der Waals surface area contributed by atoms with E-state index in [0.717, 1.165) is 33.3 Å². The van der Waals surface area contributed by atoms with E-state index in [2.05, 4.69) is 4.98 Å². The number of fused-ring (bicyclic) bond motifs is 1. The Morgan fingerprint density at radius 1 is 0.778 bits per heavy atom. The van der Waals surface area contributed by atoms with Crippen LogP contribution in [0.5, 0.6) is 0 Å². The molecule has 4 aromatic rings. The van der Waals surface area contributed by atoms with Gasteiger partial charge < -0.3 is 4.98 Å². The summed E-state index contributed by atoms with van der Waals surface area (Å²) in [6.07, 6.45) is 1.20. The Balaban J connectivity index is 1.97. The van der Waals surface area contributed by atoms with Crippen LogP contribution in [0.1, 0.15) is 0 Å². The van der Waals surface area contributed by atoms with Crippen LogP contribution in [0.15, 0.2) is 71.6 Å². The summed E-state index contributed by atoms with van der Waals surface area (Å²) >= 11 is 12.3. The van der Waals surface area contributed by atoms with Crippen LogP contribution in [0, 0.1) is 0 Å². The Kier molecular flexibility index (Phi) is 4.50. The van der Waals surface area contributed by atoms with Crippen LogP contribution in [0.4, 0.5) is 0 Å². The lowest BCUT2D eigenvalue weighted by atomic mass is 9.98. The fourth-order valence-electron chi connectivity index (χ4n) is 3.17. The van der Waals surface area contributed by atoms with Crippen molar-refractivity contribution in [3.8, 4) is 22.4 Å². The molecular weight excluding hydrogens is 401 g/mol. The molecule has 0 radical (unpaired) electrons. The van der Waals surface area contributed by atoms with E-state index < -0.39 is 9.84 Å². The predicted octanol–water partition coefficient (Wildman–Crippen LogP) is 6.21. The largest absolute Gasteiger partial charge is 0.354 e. The molecule has 3 aromatic carbocycles. The molecule has 1 N–H and O–H groups in total. The second kappa shape index (κ2) is 6.71. The fraction of sp³-hybridized carbons (Fsp3) is 0.0476. The molecule has 136 valence electrons. The van der Waals surface area contributed by atoms with Crippen molar-refractivity contribution in [1.29, 1.82) is 0 Å². The Hall–Kier alpha value is -2.27. The van der Waals surface area contributed by atoms with E-state index in [-0.39, 0.29) is 0 Å². The molecule has 0 aliphatic carbocycles. The molecule has 1 aromatic heterocycles. The van der Waals surface area contributed by atoms with Gasteiger partial charge in [-0.1, -0.05) is 47.5 Å². The van der Waals surface area contributed by atoms with Crippen molar-refractivity contribution >= 4 is 43.9 Å². The third-order valence-electron chi connectivity index (χ3n) is 4.46. The molecule has 1 heterocycles. The van der Waals surface area contributed by atoms with Gasteiger partial charge in [-0.05, 0) is 53.6 Å². The average molecular weight is 416 g/mol. The van der Waals surface area contributed by atoms with Gasteiger partial charge in [-0.15, -0.1) is 0 Å². The number of halogens is 2. The topological polar surface area (TPSA) is 49.9 Å². The third-order valence-corrected chi connectivity index (χ3v) is 6.08. The first-order valence-electron chi connectivity index (χ1n) is 8.20. The summed E-state index contributed by atoms with van der Waals surface area (Å²) in [6, 6.07) is 20.2. The van der Waals surface area contributed by atoms with Crippen LogP contribution in [0.2, 0.25) is 10.0 Å². The zero-order valence-corrected chi connectivity index (χ0v) is 16.7. The summed E-state index contributed by atoms with van der Waals surface area (Å²) in [4.78, 5) is 3.73. The molecule has 3 nitrogen and oxygen atoms in total. The average Bonchev–Trinajstić information content (AvgIpc) is 3.00. The zero-order chi connectivity index (χ0) is 19.2. The Bertz CT molecular complexity index is 1240. The van der Waals surface area contributed by atoms with E-state index >= 15 is 0 Å². The van der Waals surface area contributed by atoms with Gasteiger partial charge in [-0.3, -0.25) is 0 Å². The van der Waals surface area contributed by atoms with E-state index in [1.165, 1.54) is 6.26 Å². The molecule has 4 rings (SSSR count). The molecule has 0 atom stereocenters. The highest BCUT2D eigenvalue weighted by Crippen LogP contribution is 2.39. The van der Waals surface area contributed by atoms with Crippen LogP contribution in [-0.4, -0.2) is 19.7 Å². The lowest BCUT2D eigenvalue weighted by molar-refractivity contribution is 0.602. The molecule has 0 unspecified atom stereocenters. The summed E-state index contributed by atoms with van der Waals surface area (Å²) in [5.74, 6) is 0. The molecular formula is C21H15Cl2NO2S. The number of aromatic nitrogens is 1. The lowest BCUT2D eigenvalue weighted by Crippen LogP contribution is -1.96. The van der Waals surface area contributed by atoms with Crippen LogP contribution >= 0.6 is 23.2 Å². The Labute approximate surface area is 167 Å². The quantitative estimate of drug-likeness (QED) is 0.432. The number of H-pyrrole nitrogens is 1. The van der Waals surface area contributed by atoms with Crippen molar-refractivity contribution in [2.45, 2.75) is 4.90 Å². The first kappa shape index (κ1) is 18.1. The number of benzene rings is 3. The normalized spacial score (nSPS) is 11.8. The summed E-state index contributed by atoms with van der Waals surface area (Å²) in [5.41, 5.74) is 4.73. The van der Waals surface area contributed by atoms with Crippen molar-refractivity contribution in [3.05, 3.63) is 76.8 Å². The highest BCUT2D eigenvalue weighted by atomic mass is 35.5. The molecule has 6 heteroatoms. The van der Waals surface area contributed by atoms with E-state index in [0.29, 0.717) is 14.9 Å². The van der Waals surface area contributed by atoms with Gasteiger partial charge in [0.25, 0.3) is 0 Å². The number of hydrogen-bond donors (Lipinski definition) is 1. The maximum Gasteiger partial charge on any atom is 0.175 e. The molecule has 0 amide bonds. The molecule has 0 saturated carbocycles. The molecule has 0 aliphatic rings. The van der Waals surface area contributed by atoms with Gasteiger partial charge in [-0.2, -0.15) is 0 Å². The van der Waals surface area contributed by atoms with Gasteiger partial charge >= 0.3 is 0 Å². The predicted molar refractivity (Wildman–Crippen MR) is 112 cm³/mol. The summed E-state index contributed by atoms with van der Waals surface area (Å²) < 4.78 is 23.5. The minimum Gasteiger partial charge on any atom is -0.354 e. The number of hydrogen-bond acceptors (Lipinski definition) is 2. The highest BCUT2D eigenvalue weighted by molar-refractivity contribution is 7.90. The van der Waals surface area contributed by atoms with Crippen molar-refractivity contribution in [3.63, 3.8) is 0 Å². The SMILES string of the molecule is CS(=O)(=O)c1ccc(-c2[nH]c3ccc(Cl)cc3c2-c2ccc(Cl)cc2)cc1. The van der Waals surface area contributed by atoms with E-state index in [1.807, 2.05) is 54.6 Å². The van der Waals surface area contributed by atoms with Gasteiger partial charge in [0.05, 0.1) is 10.6 Å². The second-order valence-electron chi connectivity index (χ2n) is 6.37. The molecule has 0 bridgehead atoms. The second-order valence-corrected chi connectivity index (χ2v) is 9.26. The molecule has 0 saturated heterocycles. The minimum absolute atomic E-state index is 0.290. The van der Waals surface area contributed by atoms with Gasteiger partial charge in [-0.25, -0.2) is 8.42 Å². The smallest absolute Gasteiger partial charge is 0.175 e. The van der Waals surface area contributed by atoms with E-state index in [4.69, 9.17) is 23.2 Å². The lowest BCUT2D eigenvalue weighted by Gasteiger charge is -2.07. The van der Waals surface area contributed by atoms with Gasteiger partial charge in [0, 0.05) is 32.8 Å². The van der Waals surface area contributed by atoms with Gasteiger partial charge in [0.15, 0.2) is 9.84 Å². The summed E-state index contributed by atoms with van der Waals surface area (Å²) in [6.45, 7) is 0. The molecule has 27 heavy (non-hydrogen) atoms. The fourth-order valence-corrected chi connectivity index (χ4v) is 4.09. The minimum atomic E-state index is -3.24. The number of nitrogens with one attached hydrogen (secondary N) is 1. The molecule has 0 spiro atoms. The zero-order valence-electron chi connectivity index (χ0n) is 14.3. The van der Waals surface area contributed by atoms with Gasteiger partial charge in [0.1, 0.15) is 0 Å². The Morgan fingerprint density at radius 3 is 2.00 bits per heavy atom. The maximum atomic E-state index is 11.7. The van der Waals surface area contributed by atoms with Crippen molar-refractivity contribution in [2.24, 2.45) is 0 Å². The van der Waals surface area contributed by atoms with Crippen molar-refractivity contribution < 1.29 is 8.42 Å². The van der Waals surface area contributed by atoms with Crippen LogP contribution < -0.4 is 0 Å². The summed E-state index contributed by atoms with van der Waals surface area (Å²) in [7, 11) is -3.24. The number of aromatic amines is 1. The van der Waals surface area contributed by atoms with Crippen LogP contribution in [0.3, 0.4) is 0 Å². The molecule has 0 aliphatic heterocycles. The third kappa shape index (κ3) is 3.48. The summed E-state index contributed by atoms with van der Waals surface area (Å²) in [5, 5.41) is 2.30. The standard InChI is InChI=1S/C21H15Cl2NO2S/c1-27(25,26)17-9-4-14(5-10-17)21-20(13-2-6-15(22)7-3-13)18-12-16(23)8-11-19(18)24-21/h2-12,24H,1H3. The van der Waals surface area contributed by atoms with Crippen LogP contribution in [-0.2, 0) is 9.84 Å². The van der Waals surface area contributed by atoms with Crippen molar-refractivity contribution in [2.75, 3.05) is 6.26 Å².